The van der Waals surface area contributed by atoms with Gasteiger partial charge in [-0.05, 0) is 0 Å². The average Bonchev–Trinajstić information content (AvgIpc) is 2.64. The van der Waals surface area contributed by atoms with Crippen LogP contribution in [0.4, 0.5) is 0 Å². The van der Waals surface area contributed by atoms with Crippen molar-refractivity contribution >= 4 is 23.9 Å². The average molecular weight is 340 g/mol. The minimum Gasteiger partial charge on any atom is -0.469 e. The summed E-state index contributed by atoms with van der Waals surface area (Å²) in [4.78, 5) is 49.0. The molecule has 24 heavy (non-hydrogen) atoms. The van der Waals surface area contributed by atoms with Crippen LogP contribution in [0.2, 0.25) is 0 Å². The van der Waals surface area contributed by atoms with E-state index in [0.29, 0.717) is 0 Å². The maximum atomic E-state index is 12.3. The summed E-state index contributed by atoms with van der Waals surface area (Å²) in [6.45, 7) is 0. The quantitative estimate of drug-likeness (QED) is 0.399. The van der Waals surface area contributed by atoms with Gasteiger partial charge in [-0.1, -0.05) is 12.2 Å². The molecule has 3 aliphatic rings. The Morgan fingerprint density at radius 2 is 0.750 bits per heavy atom. The minimum absolute atomic E-state index is 0.637. The van der Waals surface area contributed by atoms with Crippen molar-refractivity contribution in [2.75, 3.05) is 28.4 Å². The second-order valence-electron chi connectivity index (χ2n) is 5.74. The van der Waals surface area contributed by atoms with Crippen molar-refractivity contribution in [1.29, 1.82) is 0 Å². The van der Waals surface area contributed by atoms with Gasteiger partial charge >= 0.3 is 23.9 Å². The number of allylic oxidation sites excluding steroid dienone is 2. The molecule has 0 aliphatic heterocycles. The van der Waals surface area contributed by atoms with E-state index in [0.717, 1.165) is 0 Å². The van der Waals surface area contributed by atoms with Gasteiger partial charge in [0.25, 0.3) is 0 Å². The second kappa shape index (κ2) is 7.02. The molecule has 0 amide bonds. The molecule has 2 bridgehead atoms. The van der Waals surface area contributed by atoms with Crippen LogP contribution in [0.1, 0.15) is 0 Å². The van der Waals surface area contributed by atoms with Gasteiger partial charge in [0, 0.05) is 11.8 Å². The molecule has 1 fully saturated rings. The van der Waals surface area contributed by atoms with Crippen LogP contribution in [0.5, 0.6) is 0 Å². The van der Waals surface area contributed by atoms with Crippen LogP contribution in [0, 0.1) is 35.5 Å². The largest absolute Gasteiger partial charge is 0.469 e. The molecule has 0 spiro atoms. The molecule has 6 atom stereocenters. The van der Waals surface area contributed by atoms with E-state index < -0.39 is 59.4 Å². The first-order valence-electron chi connectivity index (χ1n) is 7.42. The van der Waals surface area contributed by atoms with Crippen LogP contribution < -0.4 is 0 Å². The zero-order chi connectivity index (χ0) is 18.0. The molecular weight excluding hydrogens is 320 g/mol. The molecule has 2 unspecified atom stereocenters. The number of rotatable bonds is 4. The molecule has 0 aromatic rings. The first-order valence-corrected chi connectivity index (χ1v) is 7.42. The van der Waals surface area contributed by atoms with Gasteiger partial charge in [-0.3, -0.25) is 19.2 Å². The van der Waals surface area contributed by atoms with E-state index in [4.69, 9.17) is 18.9 Å². The Morgan fingerprint density at radius 3 is 0.917 bits per heavy atom. The predicted octanol–water partition coefficient (Wildman–Crippen LogP) is -0.0410. The first kappa shape index (κ1) is 18.0. The lowest BCUT2D eigenvalue weighted by Gasteiger charge is -2.48. The Kier molecular flexibility index (Phi) is 5.26. The van der Waals surface area contributed by atoms with Crippen molar-refractivity contribution in [3.63, 3.8) is 0 Å². The maximum absolute atomic E-state index is 12.3. The highest BCUT2D eigenvalue weighted by Gasteiger charge is 2.62. The molecule has 8 heteroatoms. The number of hydrogen-bond donors (Lipinski definition) is 0. The molecule has 0 radical (unpaired) electrons. The fourth-order valence-electron chi connectivity index (χ4n) is 3.90. The Balaban J connectivity index is 2.56. The Morgan fingerprint density at radius 1 is 0.542 bits per heavy atom. The Bertz CT molecular complexity index is 487. The lowest BCUT2D eigenvalue weighted by Crippen LogP contribution is -2.58. The zero-order valence-electron chi connectivity index (χ0n) is 13.9. The van der Waals surface area contributed by atoms with Crippen LogP contribution in [-0.2, 0) is 38.1 Å². The fraction of sp³-hybridized carbons (Fsp3) is 0.625. The summed E-state index contributed by atoms with van der Waals surface area (Å²) in [7, 11) is 4.81. The van der Waals surface area contributed by atoms with Crippen LogP contribution >= 0.6 is 0 Å². The third kappa shape index (κ3) is 2.65. The predicted molar refractivity (Wildman–Crippen MR) is 78.1 cm³/mol. The summed E-state index contributed by atoms with van der Waals surface area (Å²) >= 11 is 0. The van der Waals surface area contributed by atoms with Crippen LogP contribution in [-0.4, -0.2) is 52.3 Å². The van der Waals surface area contributed by atoms with Gasteiger partial charge < -0.3 is 18.9 Å². The molecule has 0 aromatic heterocycles. The van der Waals surface area contributed by atoms with E-state index in [1.165, 1.54) is 28.4 Å². The molecule has 0 saturated heterocycles. The third-order valence-electron chi connectivity index (χ3n) is 4.88. The molecule has 0 aromatic carbocycles. The molecular formula is C16H20O8. The Labute approximate surface area is 139 Å². The van der Waals surface area contributed by atoms with Gasteiger partial charge in [-0.15, -0.1) is 0 Å². The third-order valence-corrected chi connectivity index (χ3v) is 4.88. The van der Waals surface area contributed by atoms with E-state index in [9.17, 15) is 19.2 Å². The van der Waals surface area contributed by atoms with E-state index in [1.54, 1.807) is 12.2 Å². The molecule has 132 valence electrons. The van der Waals surface area contributed by atoms with Crippen LogP contribution in [0.3, 0.4) is 0 Å². The molecule has 3 aliphatic carbocycles. The van der Waals surface area contributed by atoms with Crippen molar-refractivity contribution in [1.82, 2.24) is 0 Å². The number of fused-ring (bicyclic) bond motifs is 2. The van der Waals surface area contributed by atoms with Gasteiger partial charge in [0.15, 0.2) is 0 Å². The van der Waals surface area contributed by atoms with Crippen molar-refractivity contribution in [3.8, 4) is 0 Å². The van der Waals surface area contributed by atoms with Gasteiger partial charge in [-0.2, -0.15) is 0 Å². The summed E-state index contributed by atoms with van der Waals surface area (Å²) in [5, 5.41) is 0. The number of carbonyl (C=O) groups excluding carboxylic acids is 4. The summed E-state index contributed by atoms with van der Waals surface area (Å²) in [5.41, 5.74) is 0. The highest BCUT2D eigenvalue weighted by atomic mass is 16.5. The number of hydrogen-bond acceptors (Lipinski definition) is 8. The number of ether oxygens (including phenoxy) is 4. The van der Waals surface area contributed by atoms with Gasteiger partial charge in [-0.25, -0.2) is 0 Å². The zero-order valence-corrected chi connectivity index (χ0v) is 13.9. The van der Waals surface area contributed by atoms with Crippen molar-refractivity contribution < 1.29 is 38.1 Å². The van der Waals surface area contributed by atoms with Gasteiger partial charge in [0.1, 0.15) is 0 Å². The molecule has 1 saturated carbocycles. The van der Waals surface area contributed by atoms with Crippen LogP contribution in [0.15, 0.2) is 12.2 Å². The van der Waals surface area contributed by atoms with Gasteiger partial charge in [0.05, 0.1) is 52.1 Å². The highest BCUT2D eigenvalue weighted by molar-refractivity contribution is 5.90. The normalized spacial score (nSPS) is 33.5. The lowest BCUT2D eigenvalue weighted by molar-refractivity contribution is -0.182. The number of methoxy groups -OCH3 is 4. The summed E-state index contributed by atoms with van der Waals surface area (Å²) < 4.78 is 19.2. The topological polar surface area (TPSA) is 105 Å². The summed E-state index contributed by atoms with van der Waals surface area (Å²) in [5.74, 6) is -7.70. The van der Waals surface area contributed by atoms with E-state index in [2.05, 4.69) is 0 Å². The van der Waals surface area contributed by atoms with E-state index >= 15 is 0 Å². The van der Waals surface area contributed by atoms with Crippen molar-refractivity contribution in [3.05, 3.63) is 12.2 Å². The number of esters is 4. The standard InChI is InChI=1S/C16H20O8/c1-21-13(17)9-7-5-6-8(10(9)14(18)22-2)12(16(20)24-4)11(7)15(19)23-3/h5-12H,1-4H3/t7?,8?,9-,10-,11-,12+/m0/s1. The number of carbonyl (C=O) groups is 4. The smallest absolute Gasteiger partial charge is 0.310 e. The van der Waals surface area contributed by atoms with Crippen LogP contribution in [0.25, 0.3) is 0 Å². The Hall–Kier alpha value is -2.38. The summed E-state index contributed by atoms with van der Waals surface area (Å²) in [6.07, 6.45) is 3.32. The molecule has 8 nitrogen and oxygen atoms in total. The SMILES string of the molecule is COC(=O)[C@@H]1C2C=CC([C@@H]1C(=O)OC)[C@H](C(=O)OC)[C@H]2C(=O)OC. The molecule has 3 rings (SSSR count). The second-order valence-corrected chi connectivity index (χ2v) is 5.74. The van der Waals surface area contributed by atoms with Gasteiger partial charge in [0.2, 0.25) is 0 Å². The lowest BCUT2D eigenvalue weighted by atomic mass is 9.53. The molecule has 0 heterocycles. The van der Waals surface area contributed by atoms with Crippen molar-refractivity contribution in [2.24, 2.45) is 35.5 Å². The fourth-order valence-corrected chi connectivity index (χ4v) is 3.90. The molecule has 0 N–H and O–H groups in total. The maximum Gasteiger partial charge on any atom is 0.310 e. The summed E-state index contributed by atoms with van der Waals surface area (Å²) in [6, 6.07) is 0. The van der Waals surface area contributed by atoms with E-state index in [1.807, 2.05) is 0 Å². The van der Waals surface area contributed by atoms with E-state index in [-0.39, 0.29) is 0 Å². The van der Waals surface area contributed by atoms with Crippen molar-refractivity contribution in [2.45, 2.75) is 0 Å². The minimum atomic E-state index is -0.928. The first-order chi connectivity index (χ1) is 11.4. The monoisotopic (exact) mass is 340 g/mol. The highest BCUT2D eigenvalue weighted by Crippen LogP contribution is 2.52.